The van der Waals surface area contributed by atoms with Gasteiger partial charge in [-0.25, -0.2) is 4.98 Å². The molecule has 0 atom stereocenters. The number of hydrogen-bond acceptors (Lipinski definition) is 5. The number of thioether (sulfide) groups is 1. The lowest BCUT2D eigenvalue weighted by Gasteiger charge is -2.14. The zero-order valence-electron chi connectivity index (χ0n) is 17.8. The van der Waals surface area contributed by atoms with Crippen LogP contribution in [0.1, 0.15) is 28.8 Å². The number of rotatable bonds is 4. The van der Waals surface area contributed by atoms with Crippen LogP contribution in [0.4, 0.5) is 0 Å². The van der Waals surface area contributed by atoms with Crippen molar-refractivity contribution in [2.45, 2.75) is 36.6 Å². The van der Waals surface area contributed by atoms with Crippen LogP contribution in [-0.4, -0.2) is 14.5 Å². The molecular weight excluding hydrogens is 450 g/mol. The molecule has 0 saturated carbocycles. The van der Waals surface area contributed by atoms with Crippen molar-refractivity contribution in [2.24, 2.45) is 0 Å². The Kier molecular flexibility index (Phi) is 5.15. The molecule has 3 aromatic heterocycles. The monoisotopic (exact) mass is 471 g/mol. The molecule has 2 aromatic carbocycles. The molecule has 0 fully saturated rings. The van der Waals surface area contributed by atoms with Crippen molar-refractivity contribution in [3.63, 3.8) is 0 Å². The minimum Gasteiger partial charge on any atom is -0.322 e. The molecule has 0 bridgehead atoms. The zero-order valence-corrected chi connectivity index (χ0v) is 19.5. The molecule has 0 unspecified atom stereocenters. The summed E-state index contributed by atoms with van der Waals surface area (Å²) in [7, 11) is 0. The first-order valence-corrected chi connectivity index (χ1v) is 12.9. The normalized spacial score (nSPS) is 13.5. The molecule has 0 amide bonds. The van der Waals surface area contributed by atoms with Crippen molar-refractivity contribution in [2.75, 3.05) is 0 Å². The number of nitrogens with zero attached hydrogens (tertiary/aromatic N) is 2. The average Bonchev–Trinajstić information content (AvgIpc) is 3.21. The second-order valence-electron chi connectivity index (χ2n) is 8.25. The van der Waals surface area contributed by atoms with E-state index in [4.69, 9.17) is 4.98 Å². The van der Waals surface area contributed by atoms with Crippen LogP contribution in [0.5, 0.6) is 0 Å². The molecule has 1 aliphatic carbocycles. The van der Waals surface area contributed by atoms with Gasteiger partial charge in [-0.15, -0.1) is 11.3 Å². The topological polar surface area (TPSA) is 67.8 Å². The van der Waals surface area contributed by atoms with E-state index in [0.717, 1.165) is 51.6 Å². The number of nitrogens with one attached hydrogen (secondary N) is 1. The maximum absolute atomic E-state index is 13.8. The summed E-state index contributed by atoms with van der Waals surface area (Å²) in [5.41, 5.74) is 3.63. The van der Waals surface area contributed by atoms with Crippen LogP contribution in [0.2, 0.25) is 0 Å². The minimum absolute atomic E-state index is 0.00358. The van der Waals surface area contributed by atoms with Gasteiger partial charge in [-0.05, 0) is 55.0 Å². The molecule has 0 radical (unpaired) electrons. The van der Waals surface area contributed by atoms with Crippen molar-refractivity contribution in [3.05, 3.63) is 97.4 Å². The zero-order chi connectivity index (χ0) is 22.4. The lowest BCUT2D eigenvalue weighted by Crippen LogP contribution is -2.22. The summed E-state index contributed by atoms with van der Waals surface area (Å²) in [6, 6.07) is 19.2. The lowest BCUT2D eigenvalue weighted by atomic mass is 9.97. The van der Waals surface area contributed by atoms with E-state index >= 15 is 0 Å². The van der Waals surface area contributed by atoms with Crippen molar-refractivity contribution in [1.29, 1.82) is 0 Å². The van der Waals surface area contributed by atoms with Gasteiger partial charge in [0.1, 0.15) is 4.83 Å². The van der Waals surface area contributed by atoms with Gasteiger partial charge in [0.2, 0.25) is 5.56 Å². The number of aromatic nitrogens is 3. The molecule has 5 aromatic rings. The van der Waals surface area contributed by atoms with Crippen LogP contribution < -0.4 is 11.1 Å². The van der Waals surface area contributed by atoms with Gasteiger partial charge in [-0.2, -0.15) is 0 Å². The molecule has 1 N–H and O–H groups in total. The highest BCUT2D eigenvalue weighted by atomic mass is 32.2. The highest BCUT2D eigenvalue weighted by Crippen LogP contribution is 2.36. The maximum atomic E-state index is 13.8. The first kappa shape index (κ1) is 20.4. The van der Waals surface area contributed by atoms with Gasteiger partial charge in [0, 0.05) is 27.6 Å². The second-order valence-corrected chi connectivity index (χ2v) is 10.3. The summed E-state index contributed by atoms with van der Waals surface area (Å²) in [5, 5.41) is 2.44. The quantitative estimate of drug-likeness (QED) is 0.279. The third kappa shape index (κ3) is 3.61. The number of fused-ring (bicyclic) bond motifs is 4. The van der Waals surface area contributed by atoms with Crippen LogP contribution in [0.15, 0.2) is 75.4 Å². The van der Waals surface area contributed by atoms with E-state index in [0.29, 0.717) is 10.9 Å². The number of aryl methyl sites for hydroxylation is 2. The molecule has 0 aliphatic heterocycles. The second kappa shape index (κ2) is 8.32. The summed E-state index contributed by atoms with van der Waals surface area (Å²) in [6.07, 6.45) is 4.27. The van der Waals surface area contributed by atoms with Gasteiger partial charge in [0.15, 0.2) is 5.16 Å². The molecule has 3 heterocycles. The summed E-state index contributed by atoms with van der Waals surface area (Å²) in [6.45, 7) is 0. The standard InChI is InChI=1S/C26H21N3O2S2/c30-22-14-16(18-10-4-6-12-20(18)27-22)15-32-26-28-24-23(19-11-5-7-13-21(19)33-24)25(31)29(26)17-8-2-1-3-9-17/h1-4,6,8-10,12,14H,5,7,11,13,15H2,(H,27,30). The summed E-state index contributed by atoms with van der Waals surface area (Å²) >= 11 is 3.17. The molecule has 0 spiro atoms. The van der Waals surface area contributed by atoms with E-state index in [1.54, 1.807) is 22.0 Å². The summed E-state index contributed by atoms with van der Waals surface area (Å²) in [4.78, 5) is 36.1. The molecule has 7 heteroatoms. The van der Waals surface area contributed by atoms with Crippen molar-refractivity contribution in [1.82, 2.24) is 14.5 Å². The van der Waals surface area contributed by atoms with Gasteiger partial charge in [-0.1, -0.05) is 48.2 Å². The van der Waals surface area contributed by atoms with Gasteiger partial charge in [-0.3, -0.25) is 14.2 Å². The predicted molar refractivity (Wildman–Crippen MR) is 136 cm³/mol. The Bertz CT molecular complexity index is 1620. The van der Waals surface area contributed by atoms with Gasteiger partial charge in [0.05, 0.1) is 11.1 Å². The maximum Gasteiger partial charge on any atom is 0.267 e. The number of hydrogen-bond donors (Lipinski definition) is 1. The first-order valence-electron chi connectivity index (χ1n) is 11.1. The largest absolute Gasteiger partial charge is 0.322 e. The Balaban J connectivity index is 1.51. The third-order valence-electron chi connectivity index (χ3n) is 6.17. The highest BCUT2D eigenvalue weighted by Gasteiger charge is 2.23. The van der Waals surface area contributed by atoms with Crippen molar-refractivity contribution >= 4 is 44.2 Å². The number of aromatic amines is 1. The molecule has 164 valence electrons. The predicted octanol–water partition coefficient (Wildman–Crippen LogP) is 5.46. The summed E-state index contributed by atoms with van der Waals surface area (Å²) < 4.78 is 1.74. The smallest absolute Gasteiger partial charge is 0.267 e. The van der Waals surface area contributed by atoms with Gasteiger partial charge in [0.25, 0.3) is 5.56 Å². The molecule has 6 rings (SSSR count). The number of pyridine rings is 1. The number of para-hydroxylation sites is 2. The van der Waals surface area contributed by atoms with Gasteiger partial charge >= 0.3 is 0 Å². The van der Waals surface area contributed by atoms with Gasteiger partial charge < -0.3 is 4.98 Å². The van der Waals surface area contributed by atoms with Crippen molar-refractivity contribution < 1.29 is 0 Å². The fourth-order valence-corrected chi connectivity index (χ4v) is 6.93. The van der Waals surface area contributed by atoms with Crippen LogP contribution >= 0.6 is 23.1 Å². The average molecular weight is 472 g/mol. The fourth-order valence-electron chi connectivity index (χ4n) is 4.63. The van der Waals surface area contributed by atoms with E-state index < -0.39 is 0 Å². The Labute approximate surface area is 198 Å². The molecule has 0 saturated heterocycles. The van der Waals surface area contributed by atoms with E-state index in [1.807, 2.05) is 54.6 Å². The lowest BCUT2D eigenvalue weighted by molar-refractivity contribution is 0.699. The first-order chi connectivity index (χ1) is 16.2. The Morgan fingerprint density at radius 2 is 1.79 bits per heavy atom. The molecule has 1 aliphatic rings. The molecule has 5 nitrogen and oxygen atoms in total. The molecular formula is C26H21N3O2S2. The Morgan fingerprint density at radius 3 is 2.67 bits per heavy atom. The Morgan fingerprint density at radius 1 is 1.00 bits per heavy atom. The van der Waals surface area contributed by atoms with Crippen LogP contribution in [0.25, 0.3) is 26.8 Å². The number of benzene rings is 2. The summed E-state index contributed by atoms with van der Waals surface area (Å²) in [5.74, 6) is 0.542. The third-order valence-corrected chi connectivity index (χ3v) is 8.34. The highest BCUT2D eigenvalue weighted by molar-refractivity contribution is 7.98. The van der Waals surface area contributed by atoms with E-state index in [1.165, 1.54) is 28.6 Å². The Hall–Kier alpha value is -3.16. The fraction of sp³-hybridized carbons (Fsp3) is 0.192. The van der Waals surface area contributed by atoms with Crippen molar-refractivity contribution in [3.8, 4) is 5.69 Å². The van der Waals surface area contributed by atoms with E-state index in [2.05, 4.69) is 4.98 Å². The van der Waals surface area contributed by atoms with E-state index in [9.17, 15) is 9.59 Å². The van der Waals surface area contributed by atoms with Crippen LogP contribution in [0.3, 0.4) is 0 Å². The molecule has 33 heavy (non-hydrogen) atoms. The van der Waals surface area contributed by atoms with E-state index in [-0.39, 0.29) is 11.1 Å². The van der Waals surface area contributed by atoms with Crippen LogP contribution in [-0.2, 0) is 18.6 Å². The number of H-pyrrole nitrogens is 1. The SMILES string of the molecule is O=c1cc(CSc2nc3sc4c(c3c(=O)n2-c2ccccc2)CCCC4)c2ccccc2[nH]1. The minimum atomic E-state index is -0.126. The number of thiophene rings is 1. The van der Waals surface area contributed by atoms with Crippen LogP contribution in [0, 0.1) is 0 Å².